The molecule has 2 amide bonds. The molecule has 0 aliphatic heterocycles. The van der Waals surface area contributed by atoms with Gasteiger partial charge in [-0.25, -0.2) is 4.39 Å². The second-order valence-electron chi connectivity index (χ2n) is 8.60. The number of nitrogens with one attached hydrogen (secondary N) is 1. The van der Waals surface area contributed by atoms with E-state index in [-0.39, 0.29) is 36.8 Å². The Kier molecular flexibility index (Phi) is 8.26. The summed E-state index contributed by atoms with van der Waals surface area (Å²) < 4.78 is 19.1. The van der Waals surface area contributed by atoms with Crippen molar-refractivity contribution < 1.29 is 18.7 Å². The second kappa shape index (κ2) is 11.1. The monoisotopic (exact) mass is 440 g/mol. The molecule has 0 saturated heterocycles. The quantitative estimate of drug-likeness (QED) is 0.616. The lowest BCUT2D eigenvalue weighted by atomic mass is 10.1. The van der Waals surface area contributed by atoms with E-state index >= 15 is 0 Å². The third-order valence-corrected chi connectivity index (χ3v) is 6.19. The first kappa shape index (κ1) is 23.8. The average molecular weight is 441 g/mol. The minimum absolute atomic E-state index is 0.138. The van der Waals surface area contributed by atoms with E-state index in [0.717, 1.165) is 42.4 Å². The zero-order valence-electron chi connectivity index (χ0n) is 19.2. The molecule has 172 valence electrons. The van der Waals surface area contributed by atoms with Crippen molar-refractivity contribution in [2.24, 2.45) is 0 Å². The summed E-state index contributed by atoms with van der Waals surface area (Å²) >= 11 is 0. The van der Waals surface area contributed by atoms with Crippen LogP contribution in [-0.4, -0.2) is 35.4 Å². The SMILES string of the molecule is CCC(C(=O)NC1CCCC1)N(Cc1ccc(F)cc1)C(=O)COc1ccc(C)c(C)c1. The molecule has 0 spiro atoms. The lowest BCUT2D eigenvalue weighted by molar-refractivity contribution is -0.143. The van der Waals surface area contributed by atoms with Gasteiger partial charge in [0.25, 0.3) is 5.91 Å². The van der Waals surface area contributed by atoms with Crippen LogP contribution in [0.5, 0.6) is 5.75 Å². The highest BCUT2D eigenvalue weighted by molar-refractivity contribution is 5.88. The van der Waals surface area contributed by atoms with E-state index in [0.29, 0.717) is 12.2 Å². The van der Waals surface area contributed by atoms with Crippen molar-refractivity contribution in [1.29, 1.82) is 0 Å². The predicted molar refractivity (Wildman–Crippen MR) is 123 cm³/mol. The van der Waals surface area contributed by atoms with E-state index in [1.165, 1.54) is 12.1 Å². The van der Waals surface area contributed by atoms with Gasteiger partial charge < -0.3 is 15.0 Å². The van der Waals surface area contributed by atoms with E-state index in [9.17, 15) is 14.0 Å². The van der Waals surface area contributed by atoms with Crippen LogP contribution in [0.25, 0.3) is 0 Å². The number of benzene rings is 2. The number of nitrogens with zero attached hydrogens (tertiary/aromatic N) is 1. The van der Waals surface area contributed by atoms with Crippen molar-refractivity contribution in [1.82, 2.24) is 10.2 Å². The molecule has 3 rings (SSSR count). The zero-order chi connectivity index (χ0) is 23.1. The van der Waals surface area contributed by atoms with E-state index in [2.05, 4.69) is 5.32 Å². The summed E-state index contributed by atoms with van der Waals surface area (Å²) in [6.45, 7) is 5.95. The van der Waals surface area contributed by atoms with Crippen LogP contribution in [0.2, 0.25) is 0 Å². The molecule has 1 aliphatic carbocycles. The Morgan fingerprint density at radius 2 is 1.78 bits per heavy atom. The molecular formula is C26H33FN2O3. The minimum Gasteiger partial charge on any atom is -0.484 e. The molecule has 0 heterocycles. The van der Waals surface area contributed by atoms with Crippen molar-refractivity contribution in [3.05, 3.63) is 65.0 Å². The zero-order valence-corrected chi connectivity index (χ0v) is 19.2. The van der Waals surface area contributed by atoms with Gasteiger partial charge in [0.15, 0.2) is 6.61 Å². The molecule has 0 aromatic heterocycles. The van der Waals surface area contributed by atoms with Crippen LogP contribution in [0.15, 0.2) is 42.5 Å². The van der Waals surface area contributed by atoms with Crippen molar-refractivity contribution in [3.8, 4) is 5.75 Å². The Morgan fingerprint density at radius 3 is 2.41 bits per heavy atom. The first-order chi connectivity index (χ1) is 15.4. The van der Waals surface area contributed by atoms with Crippen molar-refractivity contribution in [2.75, 3.05) is 6.61 Å². The van der Waals surface area contributed by atoms with Gasteiger partial charge in [0.05, 0.1) is 0 Å². The Bertz CT molecular complexity index is 923. The number of hydrogen-bond acceptors (Lipinski definition) is 3. The fraction of sp³-hybridized carbons (Fsp3) is 0.462. The Balaban J connectivity index is 1.75. The van der Waals surface area contributed by atoms with E-state index < -0.39 is 6.04 Å². The van der Waals surface area contributed by atoms with Gasteiger partial charge in [0.1, 0.15) is 17.6 Å². The van der Waals surface area contributed by atoms with Crippen LogP contribution in [0.4, 0.5) is 4.39 Å². The molecule has 1 fully saturated rings. The first-order valence-corrected chi connectivity index (χ1v) is 11.4. The average Bonchev–Trinajstić information content (AvgIpc) is 3.28. The van der Waals surface area contributed by atoms with Gasteiger partial charge >= 0.3 is 0 Å². The number of hydrogen-bond donors (Lipinski definition) is 1. The largest absolute Gasteiger partial charge is 0.484 e. The van der Waals surface area contributed by atoms with Gasteiger partial charge in [-0.15, -0.1) is 0 Å². The molecule has 0 bridgehead atoms. The van der Waals surface area contributed by atoms with Crippen LogP contribution in [0.3, 0.4) is 0 Å². The molecular weight excluding hydrogens is 407 g/mol. The molecule has 2 aromatic rings. The Morgan fingerprint density at radius 1 is 1.09 bits per heavy atom. The number of aryl methyl sites for hydroxylation is 2. The molecule has 1 saturated carbocycles. The maximum Gasteiger partial charge on any atom is 0.261 e. The van der Waals surface area contributed by atoms with E-state index in [1.807, 2.05) is 39.0 Å². The highest BCUT2D eigenvalue weighted by atomic mass is 19.1. The summed E-state index contributed by atoms with van der Waals surface area (Å²) in [6.07, 6.45) is 4.66. The van der Waals surface area contributed by atoms with Gasteiger partial charge in [-0.05, 0) is 74.1 Å². The molecule has 1 unspecified atom stereocenters. The Labute approximate surface area is 190 Å². The van der Waals surface area contributed by atoms with Crippen molar-refractivity contribution in [3.63, 3.8) is 0 Å². The minimum atomic E-state index is -0.614. The van der Waals surface area contributed by atoms with Gasteiger partial charge in [0.2, 0.25) is 5.91 Å². The normalized spacial score (nSPS) is 14.8. The number of ether oxygens (including phenoxy) is 1. The van der Waals surface area contributed by atoms with Gasteiger partial charge in [0, 0.05) is 12.6 Å². The topological polar surface area (TPSA) is 58.6 Å². The highest BCUT2D eigenvalue weighted by Crippen LogP contribution is 2.20. The number of amides is 2. The number of halogens is 1. The molecule has 32 heavy (non-hydrogen) atoms. The standard InChI is InChI=1S/C26H33FN2O3/c1-4-24(26(31)28-22-7-5-6-8-22)29(16-20-10-12-21(27)13-11-20)25(30)17-32-23-14-9-18(2)19(3)15-23/h9-15,22,24H,4-8,16-17H2,1-3H3,(H,28,31). The Hall–Kier alpha value is -2.89. The van der Waals surface area contributed by atoms with Gasteiger partial charge in [-0.3, -0.25) is 9.59 Å². The molecule has 0 radical (unpaired) electrons. The van der Waals surface area contributed by atoms with Crippen LogP contribution in [0.1, 0.15) is 55.7 Å². The predicted octanol–water partition coefficient (Wildman–Crippen LogP) is 4.69. The highest BCUT2D eigenvalue weighted by Gasteiger charge is 2.30. The molecule has 2 aromatic carbocycles. The number of carbonyl (C=O) groups excluding carboxylic acids is 2. The second-order valence-corrected chi connectivity index (χ2v) is 8.60. The molecule has 1 N–H and O–H groups in total. The van der Waals surface area contributed by atoms with Crippen LogP contribution in [-0.2, 0) is 16.1 Å². The smallest absolute Gasteiger partial charge is 0.261 e. The van der Waals surface area contributed by atoms with E-state index in [4.69, 9.17) is 4.74 Å². The summed E-state index contributed by atoms with van der Waals surface area (Å²) in [5.41, 5.74) is 3.00. The fourth-order valence-corrected chi connectivity index (χ4v) is 4.11. The van der Waals surface area contributed by atoms with Crippen LogP contribution in [0, 0.1) is 19.7 Å². The maximum atomic E-state index is 13.4. The molecule has 1 atom stereocenters. The van der Waals surface area contributed by atoms with Crippen molar-refractivity contribution >= 4 is 11.8 Å². The summed E-state index contributed by atoms with van der Waals surface area (Å²) in [4.78, 5) is 27.9. The summed E-state index contributed by atoms with van der Waals surface area (Å²) in [6, 6.07) is 11.3. The number of carbonyl (C=O) groups is 2. The van der Waals surface area contributed by atoms with Gasteiger partial charge in [-0.2, -0.15) is 0 Å². The summed E-state index contributed by atoms with van der Waals surface area (Å²) in [7, 11) is 0. The fourth-order valence-electron chi connectivity index (χ4n) is 4.11. The lowest BCUT2D eigenvalue weighted by Gasteiger charge is -2.31. The molecule has 5 nitrogen and oxygen atoms in total. The maximum absolute atomic E-state index is 13.4. The summed E-state index contributed by atoms with van der Waals surface area (Å²) in [5.74, 6) is -0.135. The molecule has 1 aliphatic rings. The van der Waals surface area contributed by atoms with Crippen LogP contribution < -0.4 is 10.1 Å². The third-order valence-electron chi connectivity index (χ3n) is 6.19. The molecule has 6 heteroatoms. The third kappa shape index (κ3) is 6.31. The van der Waals surface area contributed by atoms with E-state index in [1.54, 1.807) is 17.0 Å². The van der Waals surface area contributed by atoms with Gasteiger partial charge in [-0.1, -0.05) is 38.0 Å². The van der Waals surface area contributed by atoms with Crippen molar-refractivity contribution in [2.45, 2.75) is 71.5 Å². The lowest BCUT2D eigenvalue weighted by Crippen LogP contribution is -2.52. The van der Waals surface area contributed by atoms with Crippen LogP contribution >= 0.6 is 0 Å². The first-order valence-electron chi connectivity index (χ1n) is 11.4. The summed E-state index contributed by atoms with van der Waals surface area (Å²) in [5, 5.41) is 3.11. The number of rotatable bonds is 9.